The van der Waals surface area contributed by atoms with Crippen molar-refractivity contribution in [2.75, 3.05) is 11.6 Å². The number of anilines is 1. The number of oxazole rings is 1. The van der Waals surface area contributed by atoms with E-state index in [0.717, 1.165) is 11.1 Å². The Kier molecular flexibility index (Phi) is 4.53. The third-order valence-corrected chi connectivity index (χ3v) is 4.26. The molecule has 1 heterocycles. The molecule has 0 atom stereocenters. The first kappa shape index (κ1) is 15.8. The molecule has 118 valence electrons. The molecule has 0 aliphatic heterocycles. The van der Waals surface area contributed by atoms with E-state index >= 15 is 0 Å². The fourth-order valence-electron chi connectivity index (χ4n) is 2.15. The molecular formula is C15H12BrN3O3S. The molecule has 0 fully saturated rings. The molecule has 0 aliphatic rings. The number of rotatable bonds is 5. The third-order valence-electron chi connectivity index (χ3n) is 3.25. The maximum atomic E-state index is 11.1. The molecule has 0 unspecified atom stereocenters. The minimum absolute atomic E-state index is 0.0322. The van der Waals surface area contributed by atoms with Crippen molar-refractivity contribution in [1.29, 1.82) is 0 Å². The Morgan fingerprint density at radius 2 is 2.17 bits per heavy atom. The van der Waals surface area contributed by atoms with Gasteiger partial charge in [-0.1, -0.05) is 33.8 Å². The van der Waals surface area contributed by atoms with Crippen LogP contribution in [0.1, 0.15) is 5.56 Å². The number of benzene rings is 2. The zero-order valence-electron chi connectivity index (χ0n) is 12.1. The standard InChI is InChI=1S/C15H12BrN3O3S/c1-23-15-18-12-4-2-9(6-14(12)22-15)8-17-11-5-3-10(16)7-13(11)19(20)21/h2-7,17H,8H2,1H3. The number of aromatic nitrogens is 1. The molecule has 8 heteroatoms. The van der Waals surface area contributed by atoms with Crippen molar-refractivity contribution in [2.45, 2.75) is 11.8 Å². The van der Waals surface area contributed by atoms with Crippen LogP contribution in [0.4, 0.5) is 11.4 Å². The van der Waals surface area contributed by atoms with Gasteiger partial charge in [0.25, 0.3) is 10.9 Å². The first-order valence-electron chi connectivity index (χ1n) is 6.68. The number of nitrogens with zero attached hydrogens (tertiary/aromatic N) is 2. The van der Waals surface area contributed by atoms with Crippen LogP contribution in [0.25, 0.3) is 11.1 Å². The van der Waals surface area contributed by atoms with Crippen molar-refractivity contribution in [2.24, 2.45) is 0 Å². The van der Waals surface area contributed by atoms with Crippen molar-refractivity contribution in [3.8, 4) is 0 Å². The SMILES string of the molecule is CSc1nc2ccc(CNc3ccc(Br)cc3[N+](=O)[O-])cc2o1. The largest absolute Gasteiger partial charge is 0.431 e. The number of nitro benzene ring substituents is 1. The Labute approximate surface area is 144 Å². The Morgan fingerprint density at radius 1 is 1.35 bits per heavy atom. The summed E-state index contributed by atoms with van der Waals surface area (Å²) >= 11 is 4.69. The van der Waals surface area contributed by atoms with Gasteiger partial charge in [-0.3, -0.25) is 10.1 Å². The predicted molar refractivity (Wildman–Crippen MR) is 93.9 cm³/mol. The van der Waals surface area contributed by atoms with Crippen LogP contribution in [-0.2, 0) is 6.54 Å². The number of fused-ring (bicyclic) bond motifs is 1. The summed E-state index contributed by atoms with van der Waals surface area (Å²) in [6.07, 6.45) is 1.90. The molecule has 3 aromatic rings. The van der Waals surface area contributed by atoms with E-state index in [4.69, 9.17) is 4.42 Å². The quantitative estimate of drug-likeness (QED) is 0.379. The second kappa shape index (κ2) is 6.59. The number of hydrogen-bond acceptors (Lipinski definition) is 6. The zero-order valence-corrected chi connectivity index (χ0v) is 14.5. The number of nitro groups is 1. The highest BCUT2D eigenvalue weighted by atomic mass is 79.9. The van der Waals surface area contributed by atoms with Gasteiger partial charge in [0.2, 0.25) is 0 Å². The van der Waals surface area contributed by atoms with E-state index < -0.39 is 4.92 Å². The highest BCUT2D eigenvalue weighted by Crippen LogP contribution is 2.29. The summed E-state index contributed by atoms with van der Waals surface area (Å²) in [7, 11) is 0. The van der Waals surface area contributed by atoms with E-state index in [-0.39, 0.29) is 5.69 Å². The van der Waals surface area contributed by atoms with Crippen LogP contribution in [-0.4, -0.2) is 16.2 Å². The Hall–Kier alpha value is -2.06. The van der Waals surface area contributed by atoms with Gasteiger partial charge in [0.1, 0.15) is 11.2 Å². The van der Waals surface area contributed by atoms with E-state index in [9.17, 15) is 10.1 Å². The molecule has 0 radical (unpaired) electrons. The monoisotopic (exact) mass is 393 g/mol. The fourth-order valence-corrected chi connectivity index (χ4v) is 2.86. The summed E-state index contributed by atoms with van der Waals surface area (Å²) < 4.78 is 6.27. The van der Waals surface area contributed by atoms with Gasteiger partial charge in [-0.25, -0.2) is 4.98 Å². The third kappa shape index (κ3) is 3.48. The lowest BCUT2D eigenvalue weighted by atomic mass is 10.2. The summed E-state index contributed by atoms with van der Waals surface area (Å²) in [5.74, 6) is 0. The summed E-state index contributed by atoms with van der Waals surface area (Å²) in [5.41, 5.74) is 2.97. The lowest BCUT2D eigenvalue weighted by molar-refractivity contribution is -0.384. The average molecular weight is 394 g/mol. The molecule has 0 saturated heterocycles. The predicted octanol–water partition coefficient (Wildman–Crippen LogP) is 4.83. The van der Waals surface area contributed by atoms with Gasteiger partial charge < -0.3 is 9.73 Å². The van der Waals surface area contributed by atoms with Gasteiger partial charge in [-0.15, -0.1) is 0 Å². The maximum absolute atomic E-state index is 11.1. The smallest absolute Gasteiger partial charge is 0.293 e. The van der Waals surface area contributed by atoms with Crippen LogP contribution in [0, 0.1) is 10.1 Å². The van der Waals surface area contributed by atoms with Gasteiger partial charge in [-0.2, -0.15) is 0 Å². The molecule has 0 amide bonds. The van der Waals surface area contributed by atoms with Crippen molar-refractivity contribution in [3.05, 3.63) is 56.5 Å². The van der Waals surface area contributed by atoms with Crippen LogP contribution in [0.15, 0.2) is 50.5 Å². The van der Waals surface area contributed by atoms with E-state index in [0.29, 0.717) is 27.5 Å². The second-order valence-corrected chi connectivity index (χ2v) is 6.43. The van der Waals surface area contributed by atoms with Crippen molar-refractivity contribution in [1.82, 2.24) is 4.98 Å². The molecule has 23 heavy (non-hydrogen) atoms. The lowest BCUT2D eigenvalue weighted by Crippen LogP contribution is -2.02. The number of hydrogen-bond donors (Lipinski definition) is 1. The topological polar surface area (TPSA) is 81.2 Å². The molecule has 1 aromatic heterocycles. The maximum Gasteiger partial charge on any atom is 0.293 e. The van der Waals surface area contributed by atoms with E-state index in [1.54, 1.807) is 12.1 Å². The van der Waals surface area contributed by atoms with Crippen LogP contribution in [0.5, 0.6) is 0 Å². The van der Waals surface area contributed by atoms with Crippen LogP contribution in [0.3, 0.4) is 0 Å². The van der Waals surface area contributed by atoms with E-state index in [1.165, 1.54) is 17.8 Å². The summed E-state index contributed by atoms with van der Waals surface area (Å²) in [6.45, 7) is 0.452. The molecule has 2 aromatic carbocycles. The van der Waals surface area contributed by atoms with E-state index in [2.05, 4.69) is 26.2 Å². The Morgan fingerprint density at radius 3 is 2.91 bits per heavy atom. The lowest BCUT2D eigenvalue weighted by Gasteiger charge is -2.07. The van der Waals surface area contributed by atoms with Gasteiger partial charge in [0.15, 0.2) is 5.58 Å². The minimum Gasteiger partial charge on any atom is -0.431 e. The van der Waals surface area contributed by atoms with Gasteiger partial charge >= 0.3 is 0 Å². The Bertz CT molecular complexity index is 882. The number of halogens is 1. The number of thioether (sulfide) groups is 1. The molecule has 0 saturated carbocycles. The van der Waals surface area contributed by atoms with Crippen molar-refractivity contribution >= 4 is 50.2 Å². The van der Waals surface area contributed by atoms with Crippen LogP contribution < -0.4 is 5.32 Å². The van der Waals surface area contributed by atoms with Crippen molar-refractivity contribution in [3.63, 3.8) is 0 Å². The van der Waals surface area contributed by atoms with Gasteiger partial charge in [-0.05, 0) is 36.1 Å². The molecule has 0 aliphatic carbocycles. The zero-order chi connectivity index (χ0) is 16.4. The van der Waals surface area contributed by atoms with Gasteiger partial charge in [0.05, 0.1) is 4.92 Å². The second-order valence-electron chi connectivity index (χ2n) is 4.76. The average Bonchev–Trinajstić information content (AvgIpc) is 2.95. The molecule has 3 rings (SSSR count). The molecule has 1 N–H and O–H groups in total. The normalized spacial score (nSPS) is 10.9. The number of nitrogens with one attached hydrogen (secondary N) is 1. The summed E-state index contributed by atoms with van der Waals surface area (Å²) in [5, 5.41) is 14.8. The highest BCUT2D eigenvalue weighted by molar-refractivity contribution is 9.10. The summed E-state index contributed by atoms with van der Waals surface area (Å²) in [6, 6.07) is 10.6. The molecular weight excluding hydrogens is 382 g/mol. The van der Waals surface area contributed by atoms with E-state index in [1.807, 2.05) is 24.5 Å². The van der Waals surface area contributed by atoms with Crippen LogP contribution in [0.2, 0.25) is 0 Å². The molecule has 0 bridgehead atoms. The molecule has 6 nitrogen and oxygen atoms in total. The fraction of sp³-hybridized carbons (Fsp3) is 0.133. The first-order chi connectivity index (χ1) is 11.1. The highest BCUT2D eigenvalue weighted by Gasteiger charge is 2.14. The minimum atomic E-state index is -0.405. The van der Waals surface area contributed by atoms with Crippen LogP contribution >= 0.6 is 27.7 Å². The van der Waals surface area contributed by atoms with Crippen molar-refractivity contribution < 1.29 is 9.34 Å². The molecule has 0 spiro atoms. The van der Waals surface area contributed by atoms with Gasteiger partial charge in [0, 0.05) is 17.1 Å². The first-order valence-corrected chi connectivity index (χ1v) is 8.70. The Balaban J connectivity index is 1.82. The summed E-state index contributed by atoms with van der Waals surface area (Å²) in [4.78, 5) is 15.0.